The molecule has 1 N–H and O–H groups in total. The average Bonchev–Trinajstić information content (AvgIpc) is 3.67. The Morgan fingerprint density at radius 2 is 1.82 bits per heavy atom. The van der Waals surface area contributed by atoms with Crippen molar-refractivity contribution in [2.24, 2.45) is 0 Å². The highest BCUT2D eigenvalue weighted by Gasteiger charge is 2.45. The fourth-order valence-corrected chi connectivity index (χ4v) is 6.01. The molecule has 5 rings (SSSR count). The Hall–Kier alpha value is -3.69. The quantitative estimate of drug-likeness (QED) is 0.491. The van der Waals surface area contributed by atoms with E-state index in [0.717, 1.165) is 24.2 Å². The Kier molecular flexibility index (Phi) is 8.28. The molecule has 0 saturated carbocycles. The summed E-state index contributed by atoms with van der Waals surface area (Å²) < 4.78 is 5.41. The molecule has 3 amide bonds. The summed E-state index contributed by atoms with van der Waals surface area (Å²) in [4.78, 5) is 47.4. The van der Waals surface area contributed by atoms with Gasteiger partial charge in [0.1, 0.15) is 11.8 Å². The van der Waals surface area contributed by atoms with Gasteiger partial charge in [-0.1, -0.05) is 35.9 Å². The molecule has 39 heavy (non-hydrogen) atoms. The summed E-state index contributed by atoms with van der Waals surface area (Å²) >= 11 is 1.39. The van der Waals surface area contributed by atoms with Gasteiger partial charge in [0.05, 0.1) is 18.0 Å². The summed E-state index contributed by atoms with van der Waals surface area (Å²) in [5, 5.41) is 5.17. The van der Waals surface area contributed by atoms with Crippen LogP contribution in [0.15, 0.2) is 66.0 Å². The van der Waals surface area contributed by atoms with Crippen LogP contribution in [0.5, 0.6) is 5.75 Å². The molecule has 2 atom stereocenters. The summed E-state index contributed by atoms with van der Waals surface area (Å²) in [7, 11) is 1.62. The van der Waals surface area contributed by atoms with E-state index in [1.807, 2.05) is 82.8 Å². The summed E-state index contributed by atoms with van der Waals surface area (Å²) in [6.07, 6.45) is 0.390. The van der Waals surface area contributed by atoms with Crippen LogP contribution in [0, 0.1) is 6.92 Å². The first-order valence-electron chi connectivity index (χ1n) is 13.3. The van der Waals surface area contributed by atoms with E-state index in [1.165, 1.54) is 11.3 Å². The predicted octanol–water partition coefficient (Wildman–Crippen LogP) is 3.42. The van der Waals surface area contributed by atoms with Crippen LogP contribution in [-0.2, 0) is 11.3 Å². The van der Waals surface area contributed by atoms with Crippen molar-refractivity contribution in [2.75, 3.05) is 39.8 Å². The summed E-state index contributed by atoms with van der Waals surface area (Å²) in [5.41, 5.74) is 2.53. The SMILES string of the molecule is COc1cccc(CN(C(=O)c2cccs2)C2CC(C(=O)N3CCNCC3)N(C(=O)c3ccc(C)cc3)C2)c1. The molecule has 0 bridgehead atoms. The van der Waals surface area contributed by atoms with Gasteiger partial charge in [0.25, 0.3) is 11.8 Å². The number of methoxy groups -OCH3 is 1. The number of hydrogen-bond donors (Lipinski definition) is 1. The van der Waals surface area contributed by atoms with E-state index < -0.39 is 6.04 Å². The van der Waals surface area contributed by atoms with Gasteiger partial charge in [-0.15, -0.1) is 11.3 Å². The number of piperazine rings is 1. The molecule has 3 heterocycles. The second kappa shape index (κ2) is 12.0. The third-order valence-electron chi connectivity index (χ3n) is 7.47. The van der Waals surface area contributed by atoms with Crippen molar-refractivity contribution < 1.29 is 19.1 Å². The lowest BCUT2D eigenvalue weighted by molar-refractivity contribution is -0.135. The molecule has 9 heteroatoms. The fourth-order valence-electron chi connectivity index (χ4n) is 5.33. The molecule has 2 saturated heterocycles. The molecule has 2 fully saturated rings. The maximum absolute atomic E-state index is 13.8. The Morgan fingerprint density at radius 3 is 2.51 bits per heavy atom. The third kappa shape index (κ3) is 5.99. The summed E-state index contributed by atoms with van der Waals surface area (Å²) in [6, 6.07) is 17.8. The minimum absolute atomic E-state index is 0.0515. The highest BCUT2D eigenvalue weighted by Crippen LogP contribution is 2.30. The number of carbonyl (C=O) groups is 3. The topological polar surface area (TPSA) is 82.2 Å². The summed E-state index contributed by atoms with van der Waals surface area (Å²) in [6.45, 7) is 5.28. The van der Waals surface area contributed by atoms with E-state index in [1.54, 1.807) is 12.0 Å². The maximum Gasteiger partial charge on any atom is 0.264 e. The summed E-state index contributed by atoms with van der Waals surface area (Å²) in [5.74, 6) is 0.376. The van der Waals surface area contributed by atoms with Gasteiger partial charge in [-0.3, -0.25) is 14.4 Å². The number of nitrogens with one attached hydrogen (secondary N) is 1. The molecular weight excluding hydrogens is 512 g/mol. The maximum atomic E-state index is 13.8. The molecule has 1 aromatic heterocycles. The van der Waals surface area contributed by atoms with Crippen molar-refractivity contribution in [3.05, 3.63) is 87.6 Å². The standard InChI is InChI=1S/C30H34N4O4S/c1-21-8-10-23(11-9-21)28(35)34-20-24(18-26(34)29(36)32-14-12-31-13-15-32)33(30(37)27-7-4-16-39-27)19-22-5-3-6-25(17-22)38-2/h3-11,16-17,24,26,31H,12-15,18-20H2,1-2H3. The van der Waals surface area contributed by atoms with Crippen molar-refractivity contribution in [2.45, 2.75) is 32.0 Å². The second-order valence-corrected chi connectivity index (χ2v) is 11.0. The van der Waals surface area contributed by atoms with Gasteiger partial charge < -0.3 is 24.8 Å². The number of amides is 3. The van der Waals surface area contributed by atoms with Crippen LogP contribution in [0.1, 0.15) is 37.6 Å². The van der Waals surface area contributed by atoms with Crippen LogP contribution in [0.2, 0.25) is 0 Å². The Bertz CT molecular complexity index is 1300. The third-order valence-corrected chi connectivity index (χ3v) is 8.33. The smallest absolute Gasteiger partial charge is 0.264 e. The fraction of sp³-hybridized carbons (Fsp3) is 0.367. The normalized spacial score (nSPS) is 19.1. The minimum Gasteiger partial charge on any atom is -0.497 e. The van der Waals surface area contributed by atoms with Gasteiger partial charge in [-0.2, -0.15) is 0 Å². The molecule has 0 aliphatic carbocycles. The average molecular weight is 547 g/mol. The predicted molar refractivity (Wildman–Crippen MR) is 151 cm³/mol. The van der Waals surface area contributed by atoms with Gasteiger partial charge in [0.15, 0.2) is 0 Å². The molecular formula is C30H34N4O4S. The van der Waals surface area contributed by atoms with Crippen molar-refractivity contribution in [1.29, 1.82) is 0 Å². The van der Waals surface area contributed by atoms with Crippen molar-refractivity contribution >= 4 is 29.1 Å². The van der Waals surface area contributed by atoms with Gasteiger partial charge in [-0.25, -0.2) is 0 Å². The van der Waals surface area contributed by atoms with Gasteiger partial charge >= 0.3 is 0 Å². The van der Waals surface area contributed by atoms with Crippen molar-refractivity contribution in [3.8, 4) is 5.75 Å². The lowest BCUT2D eigenvalue weighted by atomic mass is 10.1. The van der Waals surface area contributed by atoms with Gasteiger partial charge in [-0.05, 0) is 54.6 Å². The zero-order valence-corrected chi connectivity index (χ0v) is 23.2. The van der Waals surface area contributed by atoms with Crippen molar-refractivity contribution in [3.63, 3.8) is 0 Å². The number of carbonyl (C=O) groups excluding carboxylic acids is 3. The van der Waals surface area contributed by atoms with E-state index in [-0.39, 0.29) is 30.3 Å². The molecule has 8 nitrogen and oxygen atoms in total. The largest absolute Gasteiger partial charge is 0.497 e. The number of thiophene rings is 1. The number of ether oxygens (including phenoxy) is 1. The zero-order valence-electron chi connectivity index (χ0n) is 22.3. The molecule has 2 aliphatic heterocycles. The second-order valence-electron chi connectivity index (χ2n) is 10.1. The highest BCUT2D eigenvalue weighted by molar-refractivity contribution is 7.12. The number of benzene rings is 2. The van der Waals surface area contributed by atoms with E-state index in [4.69, 9.17) is 4.74 Å². The molecule has 0 spiro atoms. The number of rotatable bonds is 7. The first-order chi connectivity index (χ1) is 18.9. The molecule has 3 aromatic rings. The van der Waals surface area contributed by atoms with Crippen LogP contribution in [0.3, 0.4) is 0 Å². The zero-order chi connectivity index (χ0) is 27.4. The van der Waals surface area contributed by atoms with Crippen molar-refractivity contribution in [1.82, 2.24) is 20.0 Å². The van der Waals surface area contributed by atoms with Gasteiger partial charge in [0.2, 0.25) is 5.91 Å². The van der Waals surface area contributed by atoms with Crippen LogP contribution in [0.4, 0.5) is 0 Å². The molecule has 2 aromatic carbocycles. The molecule has 2 aliphatic rings. The molecule has 2 unspecified atom stereocenters. The first-order valence-corrected chi connectivity index (χ1v) is 14.2. The van der Waals surface area contributed by atoms with E-state index in [9.17, 15) is 14.4 Å². The Morgan fingerprint density at radius 1 is 1.05 bits per heavy atom. The first kappa shape index (κ1) is 26.9. The van der Waals surface area contributed by atoms with E-state index >= 15 is 0 Å². The lowest BCUT2D eigenvalue weighted by Crippen LogP contribution is -2.53. The Balaban J connectivity index is 1.47. The van der Waals surface area contributed by atoms with Crippen LogP contribution in [-0.4, -0.2) is 84.3 Å². The van der Waals surface area contributed by atoms with Crippen LogP contribution >= 0.6 is 11.3 Å². The monoisotopic (exact) mass is 546 g/mol. The number of hydrogen-bond acceptors (Lipinski definition) is 6. The van der Waals surface area contributed by atoms with Crippen LogP contribution in [0.25, 0.3) is 0 Å². The minimum atomic E-state index is -0.633. The number of likely N-dealkylation sites (tertiary alicyclic amines) is 1. The van der Waals surface area contributed by atoms with Gasteiger partial charge in [0, 0.05) is 44.8 Å². The lowest BCUT2D eigenvalue weighted by Gasteiger charge is -2.32. The Labute approximate surface area is 233 Å². The number of nitrogens with zero attached hydrogens (tertiary/aromatic N) is 3. The van der Waals surface area contributed by atoms with Crippen LogP contribution < -0.4 is 10.1 Å². The highest BCUT2D eigenvalue weighted by atomic mass is 32.1. The van der Waals surface area contributed by atoms with E-state index in [0.29, 0.717) is 42.2 Å². The number of aryl methyl sites for hydroxylation is 1. The molecule has 204 valence electrons. The molecule has 0 radical (unpaired) electrons. The van der Waals surface area contributed by atoms with E-state index in [2.05, 4.69) is 5.32 Å².